The Labute approximate surface area is 281 Å². The van der Waals surface area contributed by atoms with Gasteiger partial charge in [0.1, 0.15) is 0 Å². The van der Waals surface area contributed by atoms with Crippen LogP contribution in [0.15, 0.2) is 60.7 Å². The number of hydrogen-bond donors (Lipinski definition) is 0. The number of fused-ring (bicyclic) bond motifs is 2. The number of rotatable bonds is 6. The van der Waals surface area contributed by atoms with Crippen molar-refractivity contribution in [1.82, 2.24) is 4.90 Å². The van der Waals surface area contributed by atoms with E-state index in [-0.39, 0.29) is 33.4 Å². The van der Waals surface area contributed by atoms with Crippen LogP contribution in [0.1, 0.15) is 137 Å². The smallest absolute Gasteiger partial charge is 0.266 e. The molecule has 0 bridgehead atoms. The molecule has 2 aliphatic heterocycles. The Kier molecular flexibility index (Phi) is 7.86. The molecule has 0 atom stereocenters. The molecule has 4 aromatic carbocycles. The highest BCUT2D eigenvalue weighted by Gasteiger charge is 2.42. The van der Waals surface area contributed by atoms with Gasteiger partial charge in [-0.3, -0.25) is 28.9 Å². The summed E-state index contributed by atoms with van der Waals surface area (Å²) < 4.78 is 0. The second kappa shape index (κ2) is 11.5. The van der Waals surface area contributed by atoms with E-state index in [1.807, 2.05) is 26.0 Å². The predicted molar refractivity (Wildman–Crippen MR) is 186 cm³/mol. The largest absolute Gasteiger partial charge is 0.289 e. The van der Waals surface area contributed by atoms with Crippen molar-refractivity contribution in [2.24, 2.45) is 0 Å². The van der Waals surface area contributed by atoms with Crippen LogP contribution < -0.4 is 4.90 Å². The highest BCUT2D eigenvalue weighted by Crippen LogP contribution is 2.36. The van der Waals surface area contributed by atoms with Crippen LogP contribution in [0.25, 0.3) is 0 Å². The van der Waals surface area contributed by atoms with Gasteiger partial charge in [-0.1, -0.05) is 50.2 Å². The Hall–Kier alpha value is -5.17. The molecule has 0 radical (unpaired) electrons. The molecule has 0 saturated carbocycles. The summed E-state index contributed by atoms with van der Waals surface area (Å²) in [5.74, 6) is -1.74. The first-order chi connectivity index (χ1) is 22.5. The van der Waals surface area contributed by atoms with E-state index in [9.17, 15) is 24.0 Å². The number of amides is 4. The maximum atomic E-state index is 13.8. The zero-order valence-electron chi connectivity index (χ0n) is 29.0. The van der Waals surface area contributed by atoms with Crippen LogP contribution >= 0.6 is 0 Å². The van der Waals surface area contributed by atoms with Gasteiger partial charge in [-0.15, -0.1) is 0 Å². The van der Waals surface area contributed by atoms with E-state index in [2.05, 4.69) is 39.8 Å². The van der Waals surface area contributed by atoms with Crippen molar-refractivity contribution in [1.29, 1.82) is 0 Å². The standard InChI is InChI=1S/C41H40N2O5/c1-21(2)34-22(3)14-26(15-23(34)4)18-27-16-24(5)35(25(6)17-27)42-37(45)30-12-10-28(19-32(30)38(42)46)36(44)29-11-13-31-33(20-29)40(48)43(39(31)47)41(7,8)9/h10-17,19-21H,18H2,1-9H3. The number of ketones is 1. The van der Waals surface area contributed by atoms with Gasteiger partial charge < -0.3 is 0 Å². The highest BCUT2D eigenvalue weighted by atomic mass is 16.2. The second-order valence-corrected chi connectivity index (χ2v) is 14.5. The molecule has 0 spiro atoms. The van der Waals surface area contributed by atoms with Crippen molar-refractivity contribution in [2.45, 2.75) is 80.2 Å². The molecule has 2 aliphatic rings. The van der Waals surface area contributed by atoms with Crippen molar-refractivity contribution >= 4 is 35.1 Å². The zero-order valence-corrected chi connectivity index (χ0v) is 29.0. The lowest BCUT2D eigenvalue weighted by Gasteiger charge is -2.29. The summed E-state index contributed by atoms with van der Waals surface area (Å²) in [4.78, 5) is 69.5. The first kappa shape index (κ1) is 32.8. The quantitative estimate of drug-likeness (QED) is 0.157. The third-order valence-electron chi connectivity index (χ3n) is 9.38. The van der Waals surface area contributed by atoms with Crippen LogP contribution in [-0.4, -0.2) is 39.9 Å². The van der Waals surface area contributed by atoms with Crippen LogP contribution in [-0.2, 0) is 6.42 Å². The Morgan fingerprint density at radius 3 is 1.50 bits per heavy atom. The van der Waals surface area contributed by atoms with E-state index in [0.717, 1.165) is 23.1 Å². The van der Waals surface area contributed by atoms with E-state index in [4.69, 9.17) is 0 Å². The van der Waals surface area contributed by atoms with Crippen molar-refractivity contribution in [3.63, 3.8) is 0 Å². The van der Waals surface area contributed by atoms with E-state index in [1.165, 1.54) is 68.5 Å². The monoisotopic (exact) mass is 640 g/mol. The molecular formula is C41H40N2O5. The van der Waals surface area contributed by atoms with E-state index in [0.29, 0.717) is 11.6 Å². The summed E-state index contributed by atoms with van der Waals surface area (Å²) in [7, 11) is 0. The van der Waals surface area contributed by atoms with Gasteiger partial charge in [0.25, 0.3) is 23.6 Å². The van der Waals surface area contributed by atoms with Gasteiger partial charge in [0.15, 0.2) is 5.78 Å². The number of carbonyl (C=O) groups excluding carboxylic acids is 5. The first-order valence-electron chi connectivity index (χ1n) is 16.3. The predicted octanol–water partition coefficient (Wildman–Crippen LogP) is 8.06. The van der Waals surface area contributed by atoms with Gasteiger partial charge in [0.2, 0.25) is 0 Å². The molecule has 2 heterocycles. The lowest BCUT2D eigenvalue weighted by Crippen LogP contribution is -2.45. The van der Waals surface area contributed by atoms with Crippen molar-refractivity contribution in [3.05, 3.63) is 133 Å². The van der Waals surface area contributed by atoms with Crippen LogP contribution in [0.3, 0.4) is 0 Å². The normalized spacial score (nSPS) is 14.4. The molecule has 7 heteroatoms. The molecular weight excluding hydrogens is 600 g/mol. The van der Waals surface area contributed by atoms with Crippen LogP contribution in [0.2, 0.25) is 0 Å². The van der Waals surface area contributed by atoms with Crippen LogP contribution in [0, 0.1) is 27.7 Å². The fraction of sp³-hybridized carbons (Fsp3) is 0.293. The Bertz CT molecular complexity index is 2070. The molecule has 48 heavy (non-hydrogen) atoms. The molecule has 4 aromatic rings. The lowest BCUT2D eigenvalue weighted by atomic mass is 9.89. The maximum Gasteiger partial charge on any atom is 0.266 e. The fourth-order valence-corrected chi connectivity index (χ4v) is 7.56. The van der Waals surface area contributed by atoms with Gasteiger partial charge in [0, 0.05) is 16.7 Å². The Morgan fingerprint density at radius 1 is 0.604 bits per heavy atom. The zero-order chi connectivity index (χ0) is 35.0. The molecule has 0 aliphatic carbocycles. The average Bonchev–Trinajstić information content (AvgIpc) is 3.39. The number of hydrogen-bond acceptors (Lipinski definition) is 5. The lowest BCUT2D eigenvalue weighted by molar-refractivity contribution is 0.0507. The third kappa shape index (κ3) is 5.27. The fourth-order valence-electron chi connectivity index (χ4n) is 7.56. The minimum absolute atomic E-state index is 0.149. The van der Waals surface area contributed by atoms with Gasteiger partial charge in [-0.25, -0.2) is 4.90 Å². The number of carbonyl (C=O) groups is 5. The number of nitrogens with zero attached hydrogens (tertiary/aromatic N) is 2. The summed E-state index contributed by atoms with van der Waals surface area (Å²) in [6, 6.07) is 17.5. The second-order valence-electron chi connectivity index (χ2n) is 14.5. The van der Waals surface area contributed by atoms with Gasteiger partial charge in [0.05, 0.1) is 27.9 Å². The van der Waals surface area contributed by atoms with Gasteiger partial charge in [-0.05, 0) is 124 Å². The molecule has 244 valence electrons. The molecule has 6 rings (SSSR count). The molecule has 0 unspecified atom stereocenters. The van der Waals surface area contributed by atoms with Gasteiger partial charge in [-0.2, -0.15) is 0 Å². The number of anilines is 1. The average molecular weight is 641 g/mol. The minimum Gasteiger partial charge on any atom is -0.289 e. The Balaban J connectivity index is 1.27. The summed E-state index contributed by atoms with van der Waals surface area (Å²) in [6.07, 6.45) is 0.728. The summed E-state index contributed by atoms with van der Waals surface area (Å²) in [5, 5.41) is 0. The molecule has 0 fully saturated rings. The van der Waals surface area contributed by atoms with Crippen LogP contribution in [0.5, 0.6) is 0 Å². The molecule has 0 aromatic heterocycles. The summed E-state index contributed by atoms with van der Waals surface area (Å²) >= 11 is 0. The van der Waals surface area contributed by atoms with Crippen LogP contribution in [0.4, 0.5) is 5.69 Å². The number of aryl methyl sites for hydroxylation is 4. The minimum atomic E-state index is -0.717. The molecule has 4 amide bonds. The molecule has 0 saturated heterocycles. The number of benzene rings is 4. The summed E-state index contributed by atoms with van der Waals surface area (Å²) in [5.41, 5.74) is 8.91. The molecule has 0 N–H and O–H groups in total. The van der Waals surface area contributed by atoms with E-state index < -0.39 is 35.0 Å². The summed E-state index contributed by atoms with van der Waals surface area (Å²) in [6.45, 7) is 17.9. The van der Waals surface area contributed by atoms with Crippen molar-refractivity contribution in [3.8, 4) is 0 Å². The number of imide groups is 2. The van der Waals surface area contributed by atoms with E-state index in [1.54, 1.807) is 20.8 Å². The van der Waals surface area contributed by atoms with Crippen molar-refractivity contribution < 1.29 is 24.0 Å². The third-order valence-corrected chi connectivity index (χ3v) is 9.38. The highest BCUT2D eigenvalue weighted by molar-refractivity contribution is 6.35. The molecule has 7 nitrogen and oxygen atoms in total. The first-order valence-corrected chi connectivity index (χ1v) is 16.3. The topological polar surface area (TPSA) is 91.8 Å². The van der Waals surface area contributed by atoms with E-state index >= 15 is 0 Å². The maximum absolute atomic E-state index is 13.8. The van der Waals surface area contributed by atoms with Crippen molar-refractivity contribution in [2.75, 3.05) is 4.90 Å². The SMILES string of the molecule is Cc1cc(Cc2cc(C)c(N3C(=O)c4ccc(C(=O)c5ccc6c(c5)C(=O)N(C(C)(C)C)C6=O)cc4C3=O)c(C)c2)cc(C)c1C(C)C. The van der Waals surface area contributed by atoms with Gasteiger partial charge >= 0.3 is 0 Å². The Morgan fingerprint density at radius 2 is 1.02 bits per heavy atom.